The van der Waals surface area contributed by atoms with Crippen LogP contribution in [0.1, 0.15) is 42.2 Å². The van der Waals surface area contributed by atoms with Gasteiger partial charge in [-0.05, 0) is 36.6 Å². The fourth-order valence-corrected chi connectivity index (χ4v) is 1.92. The lowest BCUT2D eigenvalue weighted by Gasteiger charge is -2.05. The minimum atomic E-state index is -0.210. The van der Waals surface area contributed by atoms with E-state index in [2.05, 4.69) is 22.2 Å². The third-order valence-corrected chi connectivity index (χ3v) is 3.05. The summed E-state index contributed by atoms with van der Waals surface area (Å²) in [5.41, 5.74) is 2.27. The van der Waals surface area contributed by atoms with E-state index in [1.54, 1.807) is 36.8 Å². The molecule has 0 aromatic carbocycles. The summed E-state index contributed by atoms with van der Waals surface area (Å²) in [5, 5.41) is 2.77. The lowest BCUT2D eigenvalue weighted by Crippen LogP contribution is -2.13. The number of carbonyl (C=O) groups excluding carboxylic acids is 1. The summed E-state index contributed by atoms with van der Waals surface area (Å²) in [6, 6.07) is 7.32. The number of aromatic nitrogens is 2. The molecule has 0 atom stereocenters. The highest BCUT2D eigenvalue weighted by molar-refractivity contribution is 6.02. The summed E-state index contributed by atoms with van der Waals surface area (Å²) in [5.74, 6) is -0.210. The molecule has 0 fully saturated rings. The number of nitrogens with one attached hydrogen (secondary N) is 1. The fraction of sp³-hybridized carbons (Fsp3) is 0.312. The van der Waals surface area contributed by atoms with Gasteiger partial charge in [0, 0.05) is 12.4 Å². The fourth-order valence-electron chi connectivity index (χ4n) is 1.92. The van der Waals surface area contributed by atoms with Gasteiger partial charge in [0.2, 0.25) is 0 Å². The first-order valence-corrected chi connectivity index (χ1v) is 6.96. The quantitative estimate of drug-likeness (QED) is 0.817. The highest BCUT2D eigenvalue weighted by Gasteiger charge is 2.07. The molecule has 2 aromatic rings. The molecule has 0 spiro atoms. The zero-order valence-electron chi connectivity index (χ0n) is 11.7. The Hall–Kier alpha value is -2.23. The van der Waals surface area contributed by atoms with Crippen LogP contribution >= 0.6 is 0 Å². The molecule has 1 amide bonds. The predicted octanol–water partition coefficient (Wildman–Crippen LogP) is 3.46. The van der Waals surface area contributed by atoms with Crippen LogP contribution in [-0.4, -0.2) is 15.9 Å². The molecule has 4 heteroatoms. The predicted molar refractivity (Wildman–Crippen MR) is 79.7 cm³/mol. The number of hydrogen-bond acceptors (Lipinski definition) is 3. The molecule has 2 heterocycles. The second kappa shape index (κ2) is 7.38. The van der Waals surface area contributed by atoms with Crippen molar-refractivity contribution in [1.29, 1.82) is 0 Å². The maximum Gasteiger partial charge on any atom is 0.274 e. The maximum atomic E-state index is 12.0. The van der Waals surface area contributed by atoms with Crippen LogP contribution in [0.2, 0.25) is 0 Å². The third-order valence-electron chi connectivity index (χ3n) is 3.05. The first kappa shape index (κ1) is 14.2. The highest BCUT2D eigenvalue weighted by Crippen LogP contribution is 2.09. The summed E-state index contributed by atoms with van der Waals surface area (Å²) in [6.07, 6.45) is 9.68. The van der Waals surface area contributed by atoms with E-state index >= 15 is 0 Å². The second-order valence-corrected chi connectivity index (χ2v) is 4.70. The van der Waals surface area contributed by atoms with E-state index in [0.29, 0.717) is 11.4 Å². The van der Waals surface area contributed by atoms with Crippen LogP contribution in [0.15, 0.2) is 42.9 Å². The van der Waals surface area contributed by atoms with Crippen LogP contribution in [0, 0.1) is 0 Å². The molecule has 0 radical (unpaired) electrons. The molecule has 1 N–H and O–H groups in total. The van der Waals surface area contributed by atoms with E-state index in [0.717, 1.165) is 6.42 Å². The molecule has 2 aromatic heterocycles. The Morgan fingerprint density at radius 1 is 1.20 bits per heavy atom. The number of pyridine rings is 2. The number of hydrogen-bond donors (Lipinski definition) is 1. The Kier molecular flexibility index (Phi) is 5.24. The van der Waals surface area contributed by atoms with E-state index in [1.165, 1.54) is 24.8 Å². The van der Waals surface area contributed by atoms with E-state index in [1.807, 2.05) is 6.07 Å². The number of unbranched alkanes of at least 4 members (excludes halogenated alkanes) is 2. The van der Waals surface area contributed by atoms with Gasteiger partial charge in [-0.25, -0.2) is 0 Å². The van der Waals surface area contributed by atoms with Crippen molar-refractivity contribution in [2.75, 3.05) is 5.32 Å². The van der Waals surface area contributed by atoms with Crippen molar-refractivity contribution in [2.24, 2.45) is 0 Å². The summed E-state index contributed by atoms with van der Waals surface area (Å²) in [4.78, 5) is 20.2. The monoisotopic (exact) mass is 269 g/mol. The van der Waals surface area contributed by atoms with E-state index < -0.39 is 0 Å². The Balaban J connectivity index is 1.94. The maximum absolute atomic E-state index is 12.0. The summed E-state index contributed by atoms with van der Waals surface area (Å²) < 4.78 is 0. The molecule has 4 nitrogen and oxygen atoms in total. The molecule has 0 bridgehead atoms. The SMILES string of the molecule is CCCCCc1ccc(C(=O)Nc2cccnc2)nc1. The number of amides is 1. The van der Waals surface area contributed by atoms with Crippen molar-refractivity contribution in [3.05, 3.63) is 54.1 Å². The first-order valence-electron chi connectivity index (χ1n) is 6.96. The normalized spacial score (nSPS) is 10.2. The minimum absolute atomic E-state index is 0.210. The van der Waals surface area contributed by atoms with Crippen LogP contribution in [-0.2, 0) is 6.42 Å². The molecule has 0 saturated heterocycles. The summed E-state index contributed by atoms with van der Waals surface area (Å²) in [7, 11) is 0. The van der Waals surface area contributed by atoms with Gasteiger partial charge in [0.15, 0.2) is 0 Å². The standard InChI is InChI=1S/C16H19N3O/c1-2-3-4-6-13-8-9-15(18-11-13)16(20)19-14-7-5-10-17-12-14/h5,7-12H,2-4,6H2,1H3,(H,19,20). The van der Waals surface area contributed by atoms with Gasteiger partial charge < -0.3 is 5.32 Å². The number of carbonyl (C=O) groups is 1. The number of rotatable bonds is 6. The highest BCUT2D eigenvalue weighted by atomic mass is 16.1. The van der Waals surface area contributed by atoms with Gasteiger partial charge in [0.25, 0.3) is 5.91 Å². The van der Waals surface area contributed by atoms with Gasteiger partial charge >= 0.3 is 0 Å². The molecule has 0 aliphatic heterocycles. The van der Waals surface area contributed by atoms with Gasteiger partial charge in [-0.2, -0.15) is 0 Å². The van der Waals surface area contributed by atoms with Crippen molar-refractivity contribution >= 4 is 11.6 Å². The molecule has 20 heavy (non-hydrogen) atoms. The number of aryl methyl sites for hydroxylation is 1. The third kappa shape index (κ3) is 4.16. The van der Waals surface area contributed by atoms with Gasteiger partial charge in [-0.15, -0.1) is 0 Å². The zero-order chi connectivity index (χ0) is 14.2. The van der Waals surface area contributed by atoms with Gasteiger partial charge in [0.1, 0.15) is 5.69 Å². The Morgan fingerprint density at radius 2 is 2.10 bits per heavy atom. The molecule has 0 unspecified atom stereocenters. The second-order valence-electron chi connectivity index (χ2n) is 4.70. The van der Waals surface area contributed by atoms with Crippen molar-refractivity contribution in [3.8, 4) is 0 Å². The topological polar surface area (TPSA) is 54.9 Å². The smallest absolute Gasteiger partial charge is 0.274 e. The lowest BCUT2D eigenvalue weighted by molar-refractivity contribution is 0.102. The molecule has 104 valence electrons. The van der Waals surface area contributed by atoms with Crippen LogP contribution < -0.4 is 5.32 Å². The van der Waals surface area contributed by atoms with Crippen LogP contribution in [0.25, 0.3) is 0 Å². The van der Waals surface area contributed by atoms with E-state index in [-0.39, 0.29) is 5.91 Å². The molecule has 0 aliphatic carbocycles. The number of anilines is 1. The van der Waals surface area contributed by atoms with Gasteiger partial charge in [-0.3, -0.25) is 14.8 Å². The Morgan fingerprint density at radius 3 is 2.75 bits per heavy atom. The van der Waals surface area contributed by atoms with Crippen molar-refractivity contribution < 1.29 is 4.79 Å². The van der Waals surface area contributed by atoms with Crippen LogP contribution in [0.5, 0.6) is 0 Å². The van der Waals surface area contributed by atoms with E-state index in [4.69, 9.17) is 0 Å². The van der Waals surface area contributed by atoms with Gasteiger partial charge in [-0.1, -0.05) is 25.8 Å². The molecular formula is C16H19N3O. The Labute approximate surface area is 119 Å². The molecular weight excluding hydrogens is 250 g/mol. The van der Waals surface area contributed by atoms with Crippen LogP contribution in [0.4, 0.5) is 5.69 Å². The average molecular weight is 269 g/mol. The minimum Gasteiger partial charge on any atom is -0.319 e. The van der Waals surface area contributed by atoms with Crippen molar-refractivity contribution in [2.45, 2.75) is 32.6 Å². The average Bonchev–Trinajstić information content (AvgIpc) is 2.49. The summed E-state index contributed by atoms with van der Waals surface area (Å²) >= 11 is 0. The lowest BCUT2D eigenvalue weighted by atomic mass is 10.1. The Bertz CT molecular complexity index is 537. The van der Waals surface area contributed by atoms with Crippen LogP contribution in [0.3, 0.4) is 0 Å². The van der Waals surface area contributed by atoms with E-state index in [9.17, 15) is 4.79 Å². The first-order chi connectivity index (χ1) is 9.79. The largest absolute Gasteiger partial charge is 0.319 e. The summed E-state index contributed by atoms with van der Waals surface area (Å²) in [6.45, 7) is 2.18. The number of nitrogens with zero attached hydrogens (tertiary/aromatic N) is 2. The van der Waals surface area contributed by atoms with Crippen molar-refractivity contribution in [1.82, 2.24) is 9.97 Å². The zero-order valence-corrected chi connectivity index (χ0v) is 11.7. The molecule has 0 saturated carbocycles. The van der Waals surface area contributed by atoms with Gasteiger partial charge in [0.05, 0.1) is 11.9 Å². The molecule has 2 rings (SSSR count). The molecule has 0 aliphatic rings. The van der Waals surface area contributed by atoms with Crippen molar-refractivity contribution in [3.63, 3.8) is 0 Å².